The third kappa shape index (κ3) is 3.50. The van der Waals surface area contributed by atoms with Crippen LogP contribution in [0.1, 0.15) is 30.4 Å². The van der Waals surface area contributed by atoms with E-state index >= 15 is 4.39 Å². The zero-order valence-electron chi connectivity index (χ0n) is 14.3. The van der Waals surface area contributed by atoms with Gasteiger partial charge in [-0.1, -0.05) is 5.16 Å². The lowest BCUT2D eigenvalue weighted by Gasteiger charge is -2.30. The first-order chi connectivity index (χ1) is 12.8. The number of benzene rings is 1. The van der Waals surface area contributed by atoms with Crippen molar-refractivity contribution in [2.45, 2.75) is 37.6 Å². The van der Waals surface area contributed by atoms with E-state index in [1.807, 2.05) is 6.20 Å². The Labute approximate surface area is 153 Å². The van der Waals surface area contributed by atoms with Crippen LogP contribution in [0.5, 0.6) is 0 Å². The lowest BCUT2D eigenvalue weighted by molar-refractivity contribution is 0.0683. The Balaban J connectivity index is 1.55. The minimum Gasteiger partial charge on any atom is -0.390 e. The second-order valence-corrected chi connectivity index (χ2v) is 9.30. The maximum Gasteiger partial charge on any atom is 0.152 e. The molecule has 0 saturated carbocycles. The number of hydrogen-bond donors (Lipinski definition) is 1. The van der Waals surface area contributed by atoms with Gasteiger partial charge in [-0.15, -0.1) is 0 Å². The molecular formula is C17H18F3N3O3S. The van der Waals surface area contributed by atoms with Gasteiger partial charge < -0.3 is 9.94 Å². The Morgan fingerprint density at radius 2 is 1.89 bits per heavy atom. The van der Waals surface area contributed by atoms with Crippen LogP contribution in [0.25, 0.3) is 0 Å². The van der Waals surface area contributed by atoms with E-state index < -0.39 is 57.1 Å². The summed E-state index contributed by atoms with van der Waals surface area (Å²) in [6.07, 6.45) is 2.77. The number of aromatic amines is 1. The lowest BCUT2D eigenvalue weighted by Crippen LogP contribution is -2.35. The molecule has 0 radical (unpaired) electrons. The third-order valence-corrected chi connectivity index (χ3v) is 6.72. The van der Waals surface area contributed by atoms with Crippen LogP contribution in [-0.2, 0) is 26.9 Å². The number of nitrogens with one attached hydrogen (secondary N) is 1. The van der Waals surface area contributed by atoms with E-state index in [-0.39, 0.29) is 11.7 Å². The normalized spacial score (nSPS) is 23.8. The zero-order valence-corrected chi connectivity index (χ0v) is 15.1. The minimum absolute atomic E-state index is 0.190. The highest BCUT2D eigenvalue weighted by Crippen LogP contribution is 2.41. The molecule has 27 heavy (non-hydrogen) atoms. The summed E-state index contributed by atoms with van der Waals surface area (Å²) >= 11 is 0. The smallest absolute Gasteiger partial charge is 0.152 e. The van der Waals surface area contributed by atoms with Gasteiger partial charge in [0.05, 0.1) is 29.3 Å². The molecule has 1 N–H and O–H groups in total. The molecular weight excluding hydrogens is 383 g/mol. The first-order valence-electron chi connectivity index (χ1n) is 8.57. The van der Waals surface area contributed by atoms with Gasteiger partial charge in [-0.25, -0.2) is 21.6 Å². The number of aromatic nitrogens is 2. The number of hydrogen-bond acceptors (Lipinski definition) is 4. The van der Waals surface area contributed by atoms with E-state index in [0.29, 0.717) is 18.7 Å². The fourth-order valence-corrected chi connectivity index (χ4v) is 4.96. The first kappa shape index (κ1) is 18.1. The van der Waals surface area contributed by atoms with Gasteiger partial charge in [0.25, 0.3) is 0 Å². The average molecular weight is 401 g/mol. The summed E-state index contributed by atoms with van der Waals surface area (Å²) in [5, 5.41) is 6.81. The van der Waals surface area contributed by atoms with Crippen LogP contribution in [-0.4, -0.2) is 41.5 Å². The van der Waals surface area contributed by atoms with Crippen LogP contribution >= 0.6 is 0 Å². The maximum atomic E-state index is 15.1. The van der Waals surface area contributed by atoms with Crippen molar-refractivity contribution < 1.29 is 26.4 Å². The summed E-state index contributed by atoms with van der Waals surface area (Å²) in [5.41, 5.74) is -2.46. The molecule has 2 aromatic rings. The Morgan fingerprint density at radius 1 is 1.26 bits per heavy atom. The van der Waals surface area contributed by atoms with Gasteiger partial charge in [0, 0.05) is 24.4 Å². The highest BCUT2D eigenvalue weighted by atomic mass is 32.2. The van der Waals surface area contributed by atoms with Crippen LogP contribution < -0.4 is 0 Å². The summed E-state index contributed by atoms with van der Waals surface area (Å²) < 4.78 is 69.1. The lowest BCUT2D eigenvalue weighted by atomic mass is 9.87. The van der Waals surface area contributed by atoms with E-state index in [9.17, 15) is 17.2 Å². The molecule has 0 aliphatic carbocycles. The van der Waals surface area contributed by atoms with E-state index in [1.54, 1.807) is 10.9 Å². The minimum atomic E-state index is -3.36. The van der Waals surface area contributed by atoms with Crippen LogP contribution in [0.15, 0.2) is 29.7 Å². The van der Waals surface area contributed by atoms with Crippen molar-refractivity contribution in [2.75, 3.05) is 11.5 Å². The number of alkyl halides is 1. The number of H-pyrrole nitrogens is 1. The molecule has 10 heteroatoms. The fourth-order valence-electron chi connectivity index (χ4n) is 3.49. The topological polar surface area (TPSA) is 76.5 Å². The Hall–Kier alpha value is -2.23. The predicted molar refractivity (Wildman–Crippen MR) is 91.8 cm³/mol. The number of halogens is 3. The Kier molecular flexibility index (Phi) is 4.32. The Bertz CT molecular complexity index is 950. The molecule has 1 saturated heterocycles. The van der Waals surface area contributed by atoms with Gasteiger partial charge in [0.1, 0.15) is 17.3 Å². The molecule has 146 valence electrons. The highest BCUT2D eigenvalue weighted by molar-refractivity contribution is 7.91. The fraction of sp³-hybridized carbons (Fsp3) is 0.471. The highest BCUT2D eigenvalue weighted by Gasteiger charge is 2.43. The summed E-state index contributed by atoms with van der Waals surface area (Å²) in [5.74, 6) is -2.92. The first-order valence-corrected chi connectivity index (χ1v) is 10.4. The third-order valence-electron chi connectivity index (χ3n) is 5.07. The summed E-state index contributed by atoms with van der Waals surface area (Å²) in [6, 6.07) is 2.07. The molecule has 1 aromatic carbocycles. The van der Waals surface area contributed by atoms with Gasteiger partial charge in [0.2, 0.25) is 0 Å². The molecule has 2 aliphatic heterocycles. The number of rotatable bonds is 4. The molecule has 0 spiro atoms. The molecule has 0 bridgehead atoms. The van der Waals surface area contributed by atoms with Gasteiger partial charge in [-0.2, -0.15) is 0 Å². The van der Waals surface area contributed by atoms with Crippen molar-refractivity contribution in [1.29, 1.82) is 0 Å². The Morgan fingerprint density at radius 3 is 2.44 bits per heavy atom. The molecule has 1 fully saturated rings. The molecule has 0 unspecified atom stereocenters. The SMILES string of the molecule is O=S1(=O)CCC(F)(c2c(F)cc(C3=NO[C@@H](Cn4cc[nH]4)C3)cc2F)CC1. The van der Waals surface area contributed by atoms with E-state index in [1.165, 1.54) is 0 Å². The van der Waals surface area contributed by atoms with E-state index in [2.05, 4.69) is 10.3 Å². The van der Waals surface area contributed by atoms with E-state index in [4.69, 9.17) is 4.84 Å². The monoisotopic (exact) mass is 401 g/mol. The van der Waals surface area contributed by atoms with Gasteiger partial charge in [0.15, 0.2) is 15.9 Å². The largest absolute Gasteiger partial charge is 0.390 e. The van der Waals surface area contributed by atoms with Crippen molar-refractivity contribution in [3.8, 4) is 0 Å². The molecule has 6 nitrogen and oxygen atoms in total. The summed E-state index contributed by atoms with van der Waals surface area (Å²) in [7, 11) is -3.36. The van der Waals surface area contributed by atoms with Crippen LogP contribution in [0.2, 0.25) is 0 Å². The van der Waals surface area contributed by atoms with Crippen LogP contribution in [0.4, 0.5) is 13.2 Å². The van der Waals surface area contributed by atoms with Crippen molar-refractivity contribution >= 4 is 15.5 Å². The number of oxime groups is 1. The molecule has 3 heterocycles. The number of nitrogens with zero attached hydrogens (tertiary/aromatic N) is 2. The van der Waals surface area contributed by atoms with Gasteiger partial charge >= 0.3 is 0 Å². The molecule has 2 aliphatic rings. The standard InChI is InChI=1S/C17H18F3N3O3S/c18-13-7-11(15-9-12(26-22-15)10-23-4-3-21-23)8-14(19)16(13)17(20)1-5-27(24,25)6-2-17/h3-4,7-8,12,21H,1-2,5-6,9-10H2/t12-/m1/s1. The average Bonchev–Trinajstić information content (AvgIpc) is 3.02. The summed E-state index contributed by atoms with van der Waals surface area (Å²) in [6.45, 7) is 0.522. The van der Waals surface area contributed by atoms with Crippen molar-refractivity contribution in [3.05, 3.63) is 47.3 Å². The van der Waals surface area contributed by atoms with Crippen molar-refractivity contribution in [2.24, 2.45) is 5.16 Å². The quantitative estimate of drug-likeness (QED) is 0.856. The van der Waals surface area contributed by atoms with Crippen molar-refractivity contribution in [1.82, 2.24) is 9.78 Å². The predicted octanol–water partition coefficient (Wildman–Crippen LogP) is 2.66. The maximum absolute atomic E-state index is 15.1. The molecule has 1 atom stereocenters. The van der Waals surface area contributed by atoms with Crippen molar-refractivity contribution in [3.63, 3.8) is 0 Å². The van der Waals surface area contributed by atoms with Crippen LogP contribution in [0, 0.1) is 11.6 Å². The van der Waals surface area contributed by atoms with Crippen LogP contribution in [0.3, 0.4) is 0 Å². The molecule has 1 aromatic heterocycles. The number of sulfone groups is 1. The van der Waals surface area contributed by atoms with Gasteiger partial charge in [-0.3, -0.25) is 4.68 Å². The second-order valence-electron chi connectivity index (χ2n) is 7.00. The van der Waals surface area contributed by atoms with E-state index in [0.717, 1.165) is 12.1 Å². The molecule has 4 rings (SSSR count). The zero-order chi connectivity index (χ0) is 19.2. The summed E-state index contributed by atoms with van der Waals surface area (Å²) in [4.78, 5) is 5.28. The second kappa shape index (κ2) is 6.43. The van der Waals surface area contributed by atoms with Gasteiger partial charge in [-0.05, 0) is 25.0 Å². The molecule has 0 amide bonds.